The topological polar surface area (TPSA) is 143 Å². The van der Waals surface area contributed by atoms with Crippen LogP contribution < -0.4 is 0 Å². The van der Waals surface area contributed by atoms with Crippen LogP contribution in [0.25, 0.3) is 10.8 Å². The van der Waals surface area contributed by atoms with Gasteiger partial charge in [0.15, 0.2) is 11.6 Å². The molecule has 8 nitrogen and oxygen atoms in total. The van der Waals surface area contributed by atoms with Crippen molar-refractivity contribution >= 4 is 42.6 Å². The lowest BCUT2D eigenvalue weighted by Gasteiger charge is -2.15. The molecule has 2 aromatic rings. The quantitative estimate of drug-likeness (QED) is 0.451. The van der Waals surface area contributed by atoms with Crippen LogP contribution >= 0.6 is 0 Å². The largest absolute Gasteiger partial charge is 0.295 e. The van der Waals surface area contributed by atoms with Crippen LogP contribution in [-0.2, 0) is 20.2 Å². The first kappa shape index (κ1) is 24.1. The number of ketones is 2. The van der Waals surface area contributed by atoms with Crippen molar-refractivity contribution in [3.05, 3.63) is 35.4 Å². The zero-order valence-electron chi connectivity index (χ0n) is 17.0. The Labute approximate surface area is 175 Å². The fourth-order valence-corrected chi connectivity index (χ4v) is 4.73. The summed E-state index contributed by atoms with van der Waals surface area (Å²) in [4.78, 5) is 23.7. The van der Waals surface area contributed by atoms with Gasteiger partial charge in [0.05, 0.1) is 0 Å². The SMILES string of the molecule is CCCC(C)C(=O)c1cc(S(=O)(=O)O)c2cc(C(=O)C(C)C)cc(S(=O)(=O)O)c2c1. The highest BCUT2D eigenvalue weighted by molar-refractivity contribution is 7.86. The van der Waals surface area contributed by atoms with Gasteiger partial charge in [0.1, 0.15) is 9.79 Å². The van der Waals surface area contributed by atoms with E-state index in [1.54, 1.807) is 20.8 Å². The normalized spacial score (nSPS) is 13.6. The maximum atomic E-state index is 12.7. The summed E-state index contributed by atoms with van der Waals surface area (Å²) in [6, 6.07) is 4.20. The Kier molecular flexibility index (Phi) is 6.87. The molecule has 0 aliphatic rings. The van der Waals surface area contributed by atoms with Crippen LogP contribution in [0.5, 0.6) is 0 Å². The summed E-state index contributed by atoms with van der Waals surface area (Å²) in [7, 11) is -9.77. The molecule has 0 fully saturated rings. The van der Waals surface area contributed by atoms with Gasteiger partial charge in [-0.3, -0.25) is 18.7 Å². The fourth-order valence-electron chi connectivity index (χ4n) is 3.29. The maximum absolute atomic E-state index is 12.7. The summed E-state index contributed by atoms with van der Waals surface area (Å²) in [6.07, 6.45) is 1.22. The van der Waals surface area contributed by atoms with Crippen LogP contribution in [-0.4, -0.2) is 37.5 Å². The maximum Gasteiger partial charge on any atom is 0.295 e. The summed E-state index contributed by atoms with van der Waals surface area (Å²) in [5, 5.41) is -0.559. The average molecular weight is 457 g/mol. The van der Waals surface area contributed by atoms with E-state index in [2.05, 4.69) is 0 Å². The van der Waals surface area contributed by atoms with Gasteiger partial charge in [-0.05, 0) is 30.7 Å². The van der Waals surface area contributed by atoms with Crippen molar-refractivity contribution < 1.29 is 35.5 Å². The smallest absolute Gasteiger partial charge is 0.294 e. The molecule has 164 valence electrons. The van der Waals surface area contributed by atoms with E-state index < -0.39 is 53.4 Å². The molecule has 0 aromatic heterocycles. The lowest BCUT2D eigenvalue weighted by molar-refractivity contribution is 0.0920. The third kappa shape index (κ3) is 4.94. The monoisotopic (exact) mass is 456 g/mol. The van der Waals surface area contributed by atoms with Crippen molar-refractivity contribution in [1.29, 1.82) is 0 Å². The van der Waals surface area contributed by atoms with Crippen molar-refractivity contribution in [1.82, 2.24) is 0 Å². The predicted octanol–water partition coefficient (Wildman–Crippen LogP) is 3.79. The van der Waals surface area contributed by atoms with Crippen LogP contribution in [0.4, 0.5) is 0 Å². The van der Waals surface area contributed by atoms with E-state index >= 15 is 0 Å². The second-order valence-corrected chi connectivity index (χ2v) is 10.3. The van der Waals surface area contributed by atoms with Gasteiger partial charge in [-0.25, -0.2) is 0 Å². The van der Waals surface area contributed by atoms with Gasteiger partial charge in [-0.1, -0.05) is 34.1 Å². The van der Waals surface area contributed by atoms with Gasteiger partial charge in [0.25, 0.3) is 20.2 Å². The number of benzene rings is 2. The van der Waals surface area contributed by atoms with E-state index in [0.29, 0.717) is 12.8 Å². The Hall–Kier alpha value is -2.14. The molecule has 30 heavy (non-hydrogen) atoms. The van der Waals surface area contributed by atoms with E-state index in [9.17, 15) is 35.5 Å². The minimum Gasteiger partial charge on any atom is -0.294 e. The van der Waals surface area contributed by atoms with Gasteiger partial charge in [-0.2, -0.15) is 16.8 Å². The summed E-state index contributed by atoms with van der Waals surface area (Å²) in [6.45, 7) is 6.66. The second kappa shape index (κ2) is 8.54. The Bertz CT molecular complexity index is 1230. The van der Waals surface area contributed by atoms with E-state index in [1.807, 2.05) is 6.92 Å². The molecule has 0 saturated carbocycles. The molecule has 0 aliphatic carbocycles. The van der Waals surface area contributed by atoms with Gasteiger partial charge < -0.3 is 0 Å². The molecule has 10 heteroatoms. The Balaban J connectivity index is 3.03. The molecule has 0 spiro atoms. The summed E-state index contributed by atoms with van der Waals surface area (Å²) < 4.78 is 67.6. The molecule has 0 amide bonds. The predicted molar refractivity (Wildman–Crippen MR) is 111 cm³/mol. The average Bonchev–Trinajstić information content (AvgIpc) is 2.63. The second-order valence-electron chi connectivity index (χ2n) is 7.57. The zero-order valence-corrected chi connectivity index (χ0v) is 18.7. The molecule has 2 rings (SSSR count). The molecule has 1 unspecified atom stereocenters. The first-order chi connectivity index (χ1) is 13.7. The number of carbonyl (C=O) groups excluding carboxylic acids is 2. The highest BCUT2D eigenvalue weighted by Crippen LogP contribution is 2.33. The highest BCUT2D eigenvalue weighted by atomic mass is 32.2. The molecule has 0 bridgehead atoms. The van der Waals surface area contributed by atoms with Crippen molar-refractivity contribution in [3.8, 4) is 0 Å². The van der Waals surface area contributed by atoms with Crippen LogP contribution in [0.15, 0.2) is 34.1 Å². The summed E-state index contributed by atoms with van der Waals surface area (Å²) >= 11 is 0. The van der Waals surface area contributed by atoms with Crippen LogP contribution in [0.1, 0.15) is 61.3 Å². The van der Waals surface area contributed by atoms with Gasteiger partial charge in [0, 0.05) is 33.7 Å². The molecule has 0 radical (unpaired) electrons. The van der Waals surface area contributed by atoms with Crippen molar-refractivity contribution in [2.24, 2.45) is 11.8 Å². The first-order valence-corrected chi connectivity index (χ1v) is 12.2. The number of hydrogen-bond donors (Lipinski definition) is 2. The van der Waals surface area contributed by atoms with Crippen molar-refractivity contribution in [2.75, 3.05) is 0 Å². The molecule has 2 N–H and O–H groups in total. The number of Topliss-reactive ketones (excluding diaryl/α,β-unsaturated/α-hetero) is 2. The Morgan fingerprint density at radius 1 is 0.800 bits per heavy atom. The number of rotatable bonds is 8. The minimum atomic E-state index is -4.89. The van der Waals surface area contributed by atoms with Gasteiger partial charge in [0.2, 0.25) is 0 Å². The fraction of sp³-hybridized carbons (Fsp3) is 0.400. The van der Waals surface area contributed by atoms with E-state index in [0.717, 1.165) is 24.3 Å². The number of hydrogen-bond acceptors (Lipinski definition) is 6. The van der Waals surface area contributed by atoms with E-state index in [-0.39, 0.29) is 21.9 Å². The van der Waals surface area contributed by atoms with Gasteiger partial charge >= 0.3 is 0 Å². The third-order valence-corrected chi connectivity index (χ3v) is 6.60. The number of carbonyl (C=O) groups is 2. The molecular formula is C20H24O8S2. The molecule has 0 heterocycles. The van der Waals surface area contributed by atoms with Crippen molar-refractivity contribution in [2.45, 2.75) is 50.3 Å². The lowest BCUT2D eigenvalue weighted by Crippen LogP contribution is -2.14. The molecule has 1 atom stereocenters. The molecule has 2 aromatic carbocycles. The van der Waals surface area contributed by atoms with Crippen molar-refractivity contribution in [3.63, 3.8) is 0 Å². The van der Waals surface area contributed by atoms with Crippen LogP contribution in [0.3, 0.4) is 0 Å². The Morgan fingerprint density at radius 3 is 1.53 bits per heavy atom. The number of fused-ring (bicyclic) bond motifs is 1. The first-order valence-electron chi connectivity index (χ1n) is 9.33. The van der Waals surface area contributed by atoms with Crippen LogP contribution in [0.2, 0.25) is 0 Å². The lowest BCUT2D eigenvalue weighted by atomic mass is 9.92. The highest BCUT2D eigenvalue weighted by Gasteiger charge is 2.26. The molecular weight excluding hydrogens is 432 g/mol. The van der Waals surface area contributed by atoms with Crippen LogP contribution in [0, 0.1) is 11.8 Å². The standard InChI is InChI=1S/C20H24O8S2/c1-5-6-12(4)20(22)14-8-16-15(18(10-14)30(26,27)28)7-13(19(21)11(2)3)9-17(16)29(23,24)25/h7-12H,5-6H2,1-4H3,(H,23,24,25)(H,26,27,28). The third-order valence-electron chi connectivity index (χ3n) is 4.81. The van der Waals surface area contributed by atoms with E-state index in [1.165, 1.54) is 0 Å². The van der Waals surface area contributed by atoms with E-state index in [4.69, 9.17) is 0 Å². The molecule has 0 aliphatic heterocycles. The summed E-state index contributed by atoms with van der Waals surface area (Å²) in [5.74, 6) is -1.94. The Morgan fingerprint density at radius 2 is 1.20 bits per heavy atom. The minimum absolute atomic E-state index is 0.121. The van der Waals surface area contributed by atoms with Gasteiger partial charge in [-0.15, -0.1) is 0 Å². The zero-order chi connectivity index (χ0) is 23.0. The summed E-state index contributed by atoms with van der Waals surface area (Å²) in [5.41, 5.74) is -0.266. The molecule has 0 saturated heterocycles.